The Bertz CT molecular complexity index is 1430. The van der Waals surface area contributed by atoms with Crippen molar-refractivity contribution in [2.75, 3.05) is 18.5 Å². The van der Waals surface area contributed by atoms with Crippen molar-refractivity contribution in [3.8, 4) is 17.4 Å². The molecule has 2 N–H and O–H groups in total. The number of benzene rings is 2. The quantitative estimate of drug-likeness (QED) is 0.358. The molecule has 8 nitrogen and oxygen atoms in total. The number of furan rings is 1. The van der Waals surface area contributed by atoms with Crippen molar-refractivity contribution in [2.45, 2.75) is 37.6 Å². The molecule has 0 bridgehead atoms. The average Bonchev–Trinajstić information content (AvgIpc) is 3.34. The lowest BCUT2D eigenvalue weighted by molar-refractivity contribution is -0.112. The van der Waals surface area contributed by atoms with Crippen LogP contribution in [0.5, 0.6) is 0 Å². The largest absolute Gasteiger partial charge is 0.457 e. The van der Waals surface area contributed by atoms with Gasteiger partial charge in [0.2, 0.25) is 10.0 Å². The lowest BCUT2D eigenvalue weighted by Crippen LogP contribution is -2.38. The van der Waals surface area contributed by atoms with Crippen LogP contribution >= 0.6 is 0 Å². The Morgan fingerprint density at radius 2 is 1.75 bits per heavy atom. The molecule has 0 radical (unpaired) electrons. The summed E-state index contributed by atoms with van der Waals surface area (Å²) < 4.78 is 39.2. The number of hydrogen-bond acceptors (Lipinski definition) is 6. The zero-order valence-electron chi connectivity index (χ0n) is 20.1. The van der Waals surface area contributed by atoms with Crippen LogP contribution in [-0.4, -0.2) is 33.6 Å². The van der Waals surface area contributed by atoms with Gasteiger partial charge in [0.15, 0.2) is 0 Å². The standard InChI is InChI=1S/C27H27N3O5S/c1-18-3-6-23(15-19(18)2)29-27(31)21(17-28)16-24-7-10-26(35-24)20-4-8-25(9-5-20)36(32,33)30-22-11-13-34-14-12-22/h3-10,15-16,22,30H,11-14H2,1-2H3,(H,29,31)/b21-16+. The molecule has 0 spiro atoms. The van der Waals surface area contributed by atoms with Gasteiger partial charge in [0, 0.05) is 36.6 Å². The van der Waals surface area contributed by atoms with E-state index in [1.54, 1.807) is 30.3 Å². The highest BCUT2D eigenvalue weighted by Crippen LogP contribution is 2.25. The number of nitrogens with one attached hydrogen (secondary N) is 2. The first-order valence-electron chi connectivity index (χ1n) is 11.6. The summed E-state index contributed by atoms with van der Waals surface area (Å²) in [5.74, 6) is 0.273. The maximum Gasteiger partial charge on any atom is 0.266 e. The third-order valence-corrected chi connectivity index (χ3v) is 7.57. The number of anilines is 1. The molecule has 1 aromatic heterocycles. The third kappa shape index (κ3) is 6.10. The van der Waals surface area contributed by atoms with Gasteiger partial charge in [-0.3, -0.25) is 4.79 Å². The number of aryl methyl sites for hydroxylation is 2. The molecule has 36 heavy (non-hydrogen) atoms. The lowest BCUT2D eigenvalue weighted by atomic mass is 10.1. The monoisotopic (exact) mass is 505 g/mol. The summed E-state index contributed by atoms with van der Waals surface area (Å²) in [6.07, 6.45) is 2.66. The minimum absolute atomic E-state index is 0.102. The summed E-state index contributed by atoms with van der Waals surface area (Å²) in [6, 6.07) is 17.0. The van der Waals surface area contributed by atoms with Gasteiger partial charge in [0.25, 0.3) is 5.91 Å². The smallest absolute Gasteiger partial charge is 0.266 e. The SMILES string of the molecule is Cc1ccc(NC(=O)/C(C#N)=C/c2ccc(-c3ccc(S(=O)(=O)NC4CCOCC4)cc3)o2)cc1C. The molecule has 2 aromatic carbocycles. The maximum atomic E-state index is 12.7. The van der Waals surface area contributed by atoms with Crippen molar-refractivity contribution in [3.63, 3.8) is 0 Å². The number of rotatable bonds is 7. The minimum Gasteiger partial charge on any atom is -0.457 e. The number of nitrogens with zero attached hydrogens (tertiary/aromatic N) is 1. The second-order valence-electron chi connectivity index (χ2n) is 8.66. The molecule has 0 saturated carbocycles. The number of carbonyl (C=O) groups is 1. The molecule has 4 rings (SSSR count). The Labute approximate surface area is 210 Å². The number of nitriles is 1. The van der Waals surface area contributed by atoms with Gasteiger partial charge in [-0.05, 0) is 86.3 Å². The fourth-order valence-electron chi connectivity index (χ4n) is 3.80. The van der Waals surface area contributed by atoms with Crippen LogP contribution in [0, 0.1) is 25.2 Å². The predicted molar refractivity (Wildman–Crippen MR) is 136 cm³/mol. The summed E-state index contributed by atoms with van der Waals surface area (Å²) in [5, 5.41) is 12.2. The molecule has 1 aliphatic heterocycles. The molecule has 1 aliphatic rings. The van der Waals surface area contributed by atoms with Crippen LogP contribution in [0.25, 0.3) is 17.4 Å². The van der Waals surface area contributed by atoms with Crippen molar-refractivity contribution in [2.24, 2.45) is 0 Å². The van der Waals surface area contributed by atoms with Crippen LogP contribution in [0.3, 0.4) is 0 Å². The molecule has 1 fully saturated rings. The van der Waals surface area contributed by atoms with Gasteiger partial charge < -0.3 is 14.5 Å². The Kier molecular flexibility index (Phi) is 7.70. The predicted octanol–water partition coefficient (Wildman–Crippen LogP) is 4.57. The third-order valence-electron chi connectivity index (χ3n) is 6.04. The van der Waals surface area contributed by atoms with E-state index in [0.717, 1.165) is 11.1 Å². The van der Waals surface area contributed by atoms with Gasteiger partial charge in [-0.2, -0.15) is 5.26 Å². The zero-order chi connectivity index (χ0) is 25.7. The molecular formula is C27H27N3O5S. The Morgan fingerprint density at radius 3 is 2.42 bits per heavy atom. The van der Waals surface area contributed by atoms with Gasteiger partial charge >= 0.3 is 0 Å². The highest BCUT2D eigenvalue weighted by molar-refractivity contribution is 7.89. The van der Waals surface area contributed by atoms with Gasteiger partial charge in [-0.1, -0.05) is 6.07 Å². The Morgan fingerprint density at radius 1 is 1.03 bits per heavy atom. The van der Waals surface area contributed by atoms with Crippen LogP contribution < -0.4 is 10.0 Å². The average molecular weight is 506 g/mol. The van der Waals surface area contributed by atoms with Crippen LogP contribution in [-0.2, 0) is 19.6 Å². The van der Waals surface area contributed by atoms with Crippen molar-refractivity contribution in [3.05, 3.63) is 77.1 Å². The van der Waals surface area contributed by atoms with Crippen molar-refractivity contribution >= 4 is 27.7 Å². The van der Waals surface area contributed by atoms with E-state index in [0.29, 0.717) is 48.8 Å². The fourth-order valence-corrected chi connectivity index (χ4v) is 5.10. The number of ether oxygens (including phenoxy) is 1. The first-order valence-corrected chi connectivity index (χ1v) is 13.0. The molecule has 3 aromatic rings. The molecule has 0 aliphatic carbocycles. The molecule has 9 heteroatoms. The van der Waals surface area contributed by atoms with Crippen LogP contribution in [0.4, 0.5) is 5.69 Å². The summed E-state index contributed by atoms with van der Waals surface area (Å²) in [6.45, 7) is 5.01. The molecule has 1 saturated heterocycles. The van der Waals surface area contributed by atoms with E-state index in [-0.39, 0.29) is 16.5 Å². The molecule has 0 unspecified atom stereocenters. The van der Waals surface area contributed by atoms with Crippen molar-refractivity contribution in [1.82, 2.24) is 4.72 Å². The van der Waals surface area contributed by atoms with Gasteiger partial charge in [0.05, 0.1) is 4.90 Å². The van der Waals surface area contributed by atoms with Gasteiger partial charge in [-0.15, -0.1) is 0 Å². The maximum absolute atomic E-state index is 12.7. The first-order chi connectivity index (χ1) is 17.2. The normalized spacial score (nSPS) is 14.9. The fraction of sp³-hybridized carbons (Fsp3) is 0.259. The van der Waals surface area contributed by atoms with Gasteiger partial charge in [-0.25, -0.2) is 13.1 Å². The highest BCUT2D eigenvalue weighted by atomic mass is 32.2. The van der Waals surface area contributed by atoms with Crippen molar-refractivity contribution in [1.29, 1.82) is 5.26 Å². The molecular weight excluding hydrogens is 478 g/mol. The number of hydrogen-bond donors (Lipinski definition) is 2. The Hall–Kier alpha value is -3.71. The minimum atomic E-state index is -3.64. The second-order valence-corrected chi connectivity index (χ2v) is 10.4. The summed E-state index contributed by atoms with van der Waals surface area (Å²) in [5.41, 5.74) is 3.30. The van der Waals surface area contributed by atoms with E-state index in [4.69, 9.17) is 9.15 Å². The number of amides is 1. The van der Waals surface area contributed by atoms with E-state index in [9.17, 15) is 18.5 Å². The van der Waals surface area contributed by atoms with Gasteiger partial charge in [0.1, 0.15) is 23.2 Å². The van der Waals surface area contributed by atoms with E-state index in [2.05, 4.69) is 10.0 Å². The van der Waals surface area contributed by atoms with E-state index in [1.807, 2.05) is 32.0 Å². The first kappa shape index (κ1) is 25.4. The number of sulfonamides is 1. The summed E-state index contributed by atoms with van der Waals surface area (Å²) in [4.78, 5) is 12.7. The van der Waals surface area contributed by atoms with Crippen LogP contribution in [0.1, 0.15) is 29.7 Å². The number of carbonyl (C=O) groups excluding carboxylic acids is 1. The van der Waals surface area contributed by atoms with E-state index >= 15 is 0 Å². The van der Waals surface area contributed by atoms with E-state index in [1.165, 1.54) is 18.2 Å². The molecule has 186 valence electrons. The lowest BCUT2D eigenvalue weighted by Gasteiger charge is -2.22. The molecule has 1 amide bonds. The van der Waals surface area contributed by atoms with Crippen LogP contribution in [0.2, 0.25) is 0 Å². The van der Waals surface area contributed by atoms with Crippen LogP contribution in [0.15, 0.2) is 69.5 Å². The van der Waals surface area contributed by atoms with E-state index < -0.39 is 15.9 Å². The summed E-state index contributed by atoms with van der Waals surface area (Å²) >= 11 is 0. The zero-order valence-corrected chi connectivity index (χ0v) is 20.9. The molecule has 0 atom stereocenters. The topological polar surface area (TPSA) is 121 Å². The second kappa shape index (κ2) is 10.9. The van der Waals surface area contributed by atoms with Crippen molar-refractivity contribution < 1.29 is 22.4 Å². The molecule has 2 heterocycles. The summed E-state index contributed by atoms with van der Waals surface area (Å²) in [7, 11) is -3.64. The highest BCUT2D eigenvalue weighted by Gasteiger charge is 2.22. The Balaban J connectivity index is 1.46.